The topological polar surface area (TPSA) is 61.4 Å². The van der Waals surface area contributed by atoms with Crippen molar-refractivity contribution >= 4 is 22.5 Å². The highest BCUT2D eigenvalue weighted by atomic mass is 16.1. The first-order valence-corrected chi connectivity index (χ1v) is 10.4. The van der Waals surface area contributed by atoms with Gasteiger partial charge in [-0.2, -0.15) is 0 Å². The third kappa shape index (κ3) is 4.12. The van der Waals surface area contributed by atoms with Gasteiger partial charge in [-0.1, -0.05) is 6.92 Å². The standard InChI is InChI=1S/C22H31N5O/c1-15-9-18(25-21(28)10-17-6-8-26(3)13-17)14-27(12-15)20-11-24-16(2)22-19(20)5-4-7-23-22/h4-5,7,11,15,17-18H,6,8-10,12-14H2,1-3H3,(H,25,28)/t15-,17?,18+/m0/s1. The summed E-state index contributed by atoms with van der Waals surface area (Å²) in [5.74, 6) is 1.22. The molecule has 4 rings (SSSR count). The van der Waals surface area contributed by atoms with Gasteiger partial charge in [-0.15, -0.1) is 0 Å². The Hall–Kier alpha value is -2.21. The van der Waals surface area contributed by atoms with Crippen LogP contribution in [-0.2, 0) is 4.79 Å². The summed E-state index contributed by atoms with van der Waals surface area (Å²) in [7, 11) is 2.13. The van der Waals surface area contributed by atoms with Crippen LogP contribution < -0.4 is 10.2 Å². The van der Waals surface area contributed by atoms with Crippen molar-refractivity contribution in [2.75, 3.05) is 38.1 Å². The highest BCUT2D eigenvalue weighted by Crippen LogP contribution is 2.30. The van der Waals surface area contributed by atoms with Gasteiger partial charge in [-0.3, -0.25) is 14.8 Å². The molecule has 6 heteroatoms. The summed E-state index contributed by atoms with van der Waals surface area (Å²) in [4.78, 5) is 26.4. The van der Waals surface area contributed by atoms with Crippen LogP contribution in [0.4, 0.5) is 5.69 Å². The van der Waals surface area contributed by atoms with Crippen molar-refractivity contribution in [2.45, 2.75) is 39.2 Å². The average Bonchev–Trinajstić information content (AvgIpc) is 3.06. The monoisotopic (exact) mass is 381 g/mol. The van der Waals surface area contributed by atoms with Gasteiger partial charge in [-0.25, -0.2) is 0 Å². The predicted octanol–water partition coefficient (Wildman–Crippen LogP) is 2.61. The van der Waals surface area contributed by atoms with Crippen molar-refractivity contribution < 1.29 is 4.79 Å². The summed E-state index contributed by atoms with van der Waals surface area (Å²) in [5.41, 5.74) is 3.04. The van der Waals surface area contributed by atoms with Gasteiger partial charge in [0.1, 0.15) is 0 Å². The molecular formula is C22H31N5O. The van der Waals surface area contributed by atoms with E-state index in [0.717, 1.165) is 61.3 Å². The molecule has 2 aromatic heterocycles. The molecule has 28 heavy (non-hydrogen) atoms. The summed E-state index contributed by atoms with van der Waals surface area (Å²) < 4.78 is 0. The second kappa shape index (κ2) is 8.03. The third-order valence-corrected chi connectivity index (χ3v) is 6.14. The highest BCUT2D eigenvalue weighted by Gasteiger charge is 2.29. The van der Waals surface area contributed by atoms with Crippen LogP contribution in [0.1, 0.15) is 31.9 Å². The molecule has 0 aromatic carbocycles. The minimum atomic E-state index is 0.184. The maximum atomic E-state index is 12.6. The lowest BCUT2D eigenvalue weighted by Gasteiger charge is -2.38. The second-order valence-corrected chi connectivity index (χ2v) is 8.76. The number of rotatable bonds is 4. The van der Waals surface area contributed by atoms with E-state index in [1.165, 1.54) is 0 Å². The molecule has 1 N–H and O–H groups in total. The van der Waals surface area contributed by atoms with Gasteiger partial charge >= 0.3 is 0 Å². The van der Waals surface area contributed by atoms with E-state index in [9.17, 15) is 4.79 Å². The van der Waals surface area contributed by atoms with E-state index in [1.54, 1.807) is 0 Å². The molecule has 2 fully saturated rings. The van der Waals surface area contributed by atoms with Gasteiger partial charge in [0, 0.05) is 43.7 Å². The van der Waals surface area contributed by atoms with Crippen molar-refractivity contribution in [3.8, 4) is 0 Å². The van der Waals surface area contributed by atoms with E-state index in [4.69, 9.17) is 0 Å². The van der Waals surface area contributed by atoms with E-state index in [-0.39, 0.29) is 11.9 Å². The van der Waals surface area contributed by atoms with Gasteiger partial charge in [0.05, 0.1) is 23.1 Å². The molecule has 3 atom stereocenters. The SMILES string of the molecule is Cc1ncc(N2C[C@@H](C)C[C@@H](NC(=O)CC3CCN(C)C3)C2)c2cccnc12. The fraction of sp³-hybridized carbons (Fsp3) is 0.591. The Labute approximate surface area is 167 Å². The van der Waals surface area contributed by atoms with Gasteiger partial charge in [0.2, 0.25) is 5.91 Å². The van der Waals surface area contributed by atoms with Gasteiger partial charge in [0.25, 0.3) is 0 Å². The number of carbonyl (C=O) groups is 1. The van der Waals surface area contributed by atoms with Crippen LogP contribution in [0.2, 0.25) is 0 Å². The normalized spacial score (nSPS) is 26.0. The minimum Gasteiger partial charge on any atom is -0.367 e. The van der Waals surface area contributed by atoms with Crippen LogP contribution in [0.3, 0.4) is 0 Å². The van der Waals surface area contributed by atoms with Crippen LogP contribution in [0.25, 0.3) is 10.9 Å². The van der Waals surface area contributed by atoms with E-state index in [1.807, 2.05) is 25.4 Å². The number of carbonyl (C=O) groups excluding carboxylic acids is 1. The fourth-order valence-electron chi connectivity index (χ4n) is 4.84. The molecule has 0 radical (unpaired) electrons. The number of hydrogen-bond donors (Lipinski definition) is 1. The molecule has 6 nitrogen and oxygen atoms in total. The van der Waals surface area contributed by atoms with Crippen molar-refractivity contribution in [2.24, 2.45) is 11.8 Å². The molecule has 0 saturated carbocycles. The first kappa shape index (κ1) is 19.1. The van der Waals surface area contributed by atoms with Crippen LogP contribution >= 0.6 is 0 Å². The molecule has 2 aliphatic heterocycles. The number of amides is 1. The molecule has 1 unspecified atom stereocenters. The average molecular weight is 382 g/mol. The highest BCUT2D eigenvalue weighted by molar-refractivity contribution is 5.92. The van der Waals surface area contributed by atoms with Gasteiger partial charge in [0.15, 0.2) is 0 Å². The Balaban J connectivity index is 1.47. The molecule has 0 aliphatic carbocycles. The summed E-state index contributed by atoms with van der Waals surface area (Å²) in [6.45, 7) is 8.22. The molecule has 1 amide bonds. The summed E-state index contributed by atoms with van der Waals surface area (Å²) in [6.07, 6.45) is 6.59. The van der Waals surface area contributed by atoms with E-state index >= 15 is 0 Å². The van der Waals surface area contributed by atoms with E-state index in [2.05, 4.69) is 45.1 Å². The summed E-state index contributed by atoms with van der Waals surface area (Å²) in [6, 6.07) is 4.29. The molecular weight excluding hydrogens is 350 g/mol. The number of likely N-dealkylation sites (tertiary alicyclic amines) is 1. The molecule has 0 bridgehead atoms. The number of fused-ring (bicyclic) bond motifs is 1. The molecule has 2 saturated heterocycles. The van der Waals surface area contributed by atoms with Crippen LogP contribution in [0, 0.1) is 18.8 Å². The number of aromatic nitrogens is 2. The second-order valence-electron chi connectivity index (χ2n) is 8.76. The zero-order valence-electron chi connectivity index (χ0n) is 17.2. The fourth-order valence-corrected chi connectivity index (χ4v) is 4.84. The minimum absolute atomic E-state index is 0.184. The number of pyridine rings is 2. The number of hydrogen-bond acceptors (Lipinski definition) is 5. The van der Waals surface area contributed by atoms with E-state index < -0.39 is 0 Å². The Morgan fingerprint density at radius 3 is 2.93 bits per heavy atom. The van der Waals surface area contributed by atoms with Crippen molar-refractivity contribution in [3.63, 3.8) is 0 Å². The van der Waals surface area contributed by atoms with Crippen molar-refractivity contribution in [3.05, 3.63) is 30.2 Å². The summed E-state index contributed by atoms with van der Waals surface area (Å²) >= 11 is 0. The number of anilines is 1. The van der Waals surface area contributed by atoms with Gasteiger partial charge in [-0.05, 0) is 57.3 Å². The van der Waals surface area contributed by atoms with Crippen LogP contribution in [0.5, 0.6) is 0 Å². The molecule has 150 valence electrons. The molecule has 4 heterocycles. The first-order valence-electron chi connectivity index (χ1n) is 10.4. The number of aryl methyl sites for hydroxylation is 1. The molecule has 2 aliphatic rings. The maximum absolute atomic E-state index is 12.6. The number of piperidine rings is 1. The Bertz CT molecular complexity index is 854. The quantitative estimate of drug-likeness (QED) is 0.882. The molecule has 0 spiro atoms. The third-order valence-electron chi connectivity index (χ3n) is 6.14. The van der Waals surface area contributed by atoms with Crippen LogP contribution in [0.15, 0.2) is 24.5 Å². The Kier molecular flexibility index (Phi) is 5.49. The zero-order valence-corrected chi connectivity index (χ0v) is 17.2. The Morgan fingerprint density at radius 2 is 2.14 bits per heavy atom. The summed E-state index contributed by atoms with van der Waals surface area (Å²) in [5, 5.41) is 4.46. The van der Waals surface area contributed by atoms with Crippen LogP contribution in [-0.4, -0.2) is 60.0 Å². The van der Waals surface area contributed by atoms with Crippen molar-refractivity contribution in [1.29, 1.82) is 0 Å². The zero-order chi connectivity index (χ0) is 19.7. The maximum Gasteiger partial charge on any atom is 0.220 e. The lowest BCUT2D eigenvalue weighted by atomic mass is 9.94. The first-order chi connectivity index (χ1) is 13.5. The Morgan fingerprint density at radius 1 is 1.29 bits per heavy atom. The van der Waals surface area contributed by atoms with Gasteiger partial charge < -0.3 is 15.1 Å². The lowest BCUT2D eigenvalue weighted by molar-refractivity contribution is -0.122. The van der Waals surface area contributed by atoms with E-state index in [0.29, 0.717) is 18.3 Å². The lowest BCUT2D eigenvalue weighted by Crippen LogP contribution is -2.50. The van der Waals surface area contributed by atoms with Crippen molar-refractivity contribution in [1.82, 2.24) is 20.2 Å². The predicted molar refractivity (Wildman–Crippen MR) is 112 cm³/mol. The largest absolute Gasteiger partial charge is 0.367 e. The smallest absolute Gasteiger partial charge is 0.220 e. The number of nitrogens with zero attached hydrogens (tertiary/aromatic N) is 4. The number of nitrogens with one attached hydrogen (secondary N) is 1. The molecule has 2 aromatic rings.